The van der Waals surface area contributed by atoms with E-state index in [0.717, 1.165) is 41.5 Å². The van der Waals surface area contributed by atoms with Crippen molar-refractivity contribution in [1.82, 2.24) is 4.90 Å². The van der Waals surface area contributed by atoms with E-state index in [9.17, 15) is 9.18 Å². The average Bonchev–Trinajstić information content (AvgIpc) is 2.82. The lowest BCUT2D eigenvalue weighted by atomic mass is 9.72. The van der Waals surface area contributed by atoms with Crippen molar-refractivity contribution in [3.8, 4) is 0 Å². The number of nitrogens with one attached hydrogen (secondary N) is 1. The summed E-state index contributed by atoms with van der Waals surface area (Å²) < 4.78 is 14.5. The minimum atomic E-state index is -0.242. The average molecular weight is 437 g/mol. The minimum absolute atomic E-state index is 0.119. The van der Waals surface area contributed by atoms with Gasteiger partial charge in [0.25, 0.3) is 0 Å². The number of rotatable bonds is 5. The lowest BCUT2D eigenvalue weighted by Gasteiger charge is -2.40. The van der Waals surface area contributed by atoms with E-state index in [1.54, 1.807) is 12.1 Å². The third-order valence-corrected chi connectivity index (χ3v) is 7.77. The first-order chi connectivity index (χ1) is 15.5. The maximum atomic E-state index is 14.5. The molecule has 0 atom stereocenters. The van der Waals surface area contributed by atoms with Crippen LogP contribution in [0.25, 0.3) is 0 Å². The maximum Gasteiger partial charge on any atom is 0.322 e. The van der Waals surface area contributed by atoms with Crippen molar-refractivity contribution < 1.29 is 9.18 Å². The molecule has 0 spiro atoms. The lowest BCUT2D eigenvalue weighted by molar-refractivity contribution is 0.120. The number of nitrogens with zero attached hydrogens (tertiary/aromatic N) is 1. The Labute approximate surface area is 192 Å². The van der Waals surface area contributed by atoms with Gasteiger partial charge >= 0.3 is 6.03 Å². The van der Waals surface area contributed by atoms with E-state index >= 15 is 0 Å². The Morgan fingerprint density at radius 3 is 2.16 bits per heavy atom. The number of hydrogen-bond donors (Lipinski definition) is 1. The van der Waals surface area contributed by atoms with Crippen LogP contribution in [0.3, 0.4) is 0 Å². The van der Waals surface area contributed by atoms with Crippen LogP contribution in [0, 0.1) is 31.5 Å². The summed E-state index contributed by atoms with van der Waals surface area (Å²) in [5.74, 6) is 1.42. The highest BCUT2D eigenvalue weighted by Crippen LogP contribution is 2.39. The summed E-state index contributed by atoms with van der Waals surface area (Å²) >= 11 is 0. The first-order valence-electron chi connectivity index (χ1n) is 12.4. The van der Waals surface area contributed by atoms with E-state index in [2.05, 4.69) is 5.32 Å². The molecule has 0 radical (unpaired) electrons. The van der Waals surface area contributed by atoms with Crippen LogP contribution in [0.2, 0.25) is 0 Å². The van der Waals surface area contributed by atoms with E-state index in [0.29, 0.717) is 12.1 Å². The quantitative estimate of drug-likeness (QED) is 0.514. The molecule has 172 valence electrons. The standard InChI is InChI=1S/C28H37FN2O/c1-20-9-8-10-21(2)27(20)30-28(32)31(19-24-13-6-7-14-26(24)29)25-17-15-23(16-18-25)22-11-4-3-5-12-22/h6-10,13-14,22-23,25H,3-5,11-12,15-19H2,1-2H3,(H,30,32)/t23-,25+. The number of urea groups is 1. The zero-order valence-electron chi connectivity index (χ0n) is 19.6. The molecule has 1 N–H and O–H groups in total. The Morgan fingerprint density at radius 2 is 1.50 bits per heavy atom. The Bertz CT molecular complexity index is 893. The molecule has 0 bridgehead atoms. The zero-order valence-corrected chi connectivity index (χ0v) is 19.6. The number of halogens is 1. The molecule has 2 aromatic carbocycles. The number of para-hydroxylation sites is 1. The van der Waals surface area contributed by atoms with Crippen molar-refractivity contribution in [3.05, 3.63) is 65.0 Å². The topological polar surface area (TPSA) is 32.3 Å². The van der Waals surface area contributed by atoms with Gasteiger partial charge in [-0.3, -0.25) is 0 Å². The molecule has 2 amide bonds. The van der Waals surface area contributed by atoms with Crippen molar-refractivity contribution in [2.45, 2.75) is 84.2 Å². The molecule has 0 aliphatic heterocycles. The number of carbonyl (C=O) groups is 1. The van der Waals surface area contributed by atoms with Crippen LogP contribution in [0.5, 0.6) is 0 Å². The minimum Gasteiger partial charge on any atom is -0.317 e. The number of benzene rings is 2. The van der Waals surface area contributed by atoms with Gasteiger partial charge in [0.1, 0.15) is 5.82 Å². The number of aryl methyl sites for hydroxylation is 2. The molecule has 2 fully saturated rings. The summed E-state index contributed by atoms with van der Waals surface area (Å²) in [6.45, 7) is 4.33. The second-order valence-corrected chi connectivity index (χ2v) is 9.88. The SMILES string of the molecule is Cc1cccc(C)c1NC(=O)N(Cc1ccccc1F)[C@H]1CC[C@@H](C2CCCCC2)CC1. The Hall–Kier alpha value is -2.36. The first-order valence-corrected chi connectivity index (χ1v) is 12.4. The summed E-state index contributed by atoms with van der Waals surface area (Å²) in [5, 5.41) is 3.15. The highest BCUT2D eigenvalue weighted by atomic mass is 19.1. The predicted molar refractivity (Wildman–Crippen MR) is 129 cm³/mol. The molecule has 2 aliphatic carbocycles. The summed E-state index contributed by atoms with van der Waals surface area (Å²) in [6, 6.07) is 12.9. The van der Waals surface area contributed by atoms with Crippen molar-refractivity contribution in [3.63, 3.8) is 0 Å². The summed E-state index contributed by atoms with van der Waals surface area (Å²) in [5.41, 5.74) is 3.54. The highest BCUT2D eigenvalue weighted by Gasteiger charge is 2.33. The molecular weight excluding hydrogens is 399 g/mol. The first kappa shape index (κ1) is 22.8. The Kier molecular flexibility index (Phi) is 7.49. The van der Waals surface area contributed by atoms with Gasteiger partial charge in [0, 0.05) is 17.3 Å². The van der Waals surface area contributed by atoms with Gasteiger partial charge in [-0.05, 0) is 68.6 Å². The van der Waals surface area contributed by atoms with Gasteiger partial charge in [0.15, 0.2) is 0 Å². The largest absolute Gasteiger partial charge is 0.322 e. The van der Waals surface area contributed by atoms with E-state index in [1.807, 2.05) is 43.0 Å². The zero-order chi connectivity index (χ0) is 22.5. The Balaban J connectivity index is 1.50. The maximum absolute atomic E-state index is 14.5. The fourth-order valence-electron chi connectivity index (χ4n) is 5.86. The van der Waals surface area contributed by atoms with E-state index in [-0.39, 0.29) is 17.9 Å². The van der Waals surface area contributed by atoms with E-state index in [4.69, 9.17) is 0 Å². The molecule has 4 rings (SSSR count). The fourth-order valence-corrected chi connectivity index (χ4v) is 5.86. The van der Waals surface area contributed by atoms with Crippen LogP contribution in [0.4, 0.5) is 14.9 Å². The molecule has 2 aliphatic rings. The number of hydrogen-bond acceptors (Lipinski definition) is 1. The molecule has 0 saturated heterocycles. The molecule has 4 heteroatoms. The molecule has 2 aromatic rings. The van der Waals surface area contributed by atoms with Crippen LogP contribution in [0.15, 0.2) is 42.5 Å². The summed E-state index contributed by atoms with van der Waals surface area (Å²) in [6.07, 6.45) is 11.3. The smallest absolute Gasteiger partial charge is 0.317 e. The highest BCUT2D eigenvalue weighted by molar-refractivity contribution is 5.91. The van der Waals surface area contributed by atoms with Crippen molar-refractivity contribution >= 4 is 11.7 Å². The molecule has 0 heterocycles. The number of anilines is 1. The number of amides is 2. The normalized spacial score (nSPS) is 21.8. The predicted octanol–water partition coefficient (Wildman–Crippen LogP) is 7.62. The molecular formula is C28H37FN2O. The molecule has 2 saturated carbocycles. The van der Waals surface area contributed by atoms with Gasteiger partial charge in [-0.2, -0.15) is 0 Å². The Morgan fingerprint density at radius 1 is 0.875 bits per heavy atom. The lowest BCUT2D eigenvalue weighted by Crippen LogP contribution is -2.45. The van der Waals surface area contributed by atoms with Gasteiger partial charge in [-0.15, -0.1) is 0 Å². The van der Waals surface area contributed by atoms with Gasteiger partial charge in [-0.1, -0.05) is 68.5 Å². The van der Waals surface area contributed by atoms with Gasteiger partial charge in [0.2, 0.25) is 0 Å². The van der Waals surface area contributed by atoms with Crippen molar-refractivity contribution in [2.24, 2.45) is 11.8 Å². The molecule has 0 aromatic heterocycles. The fraction of sp³-hybridized carbons (Fsp3) is 0.536. The van der Waals surface area contributed by atoms with Crippen LogP contribution >= 0.6 is 0 Å². The monoisotopic (exact) mass is 436 g/mol. The van der Waals surface area contributed by atoms with Crippen LogP contribution in [-0.2, 0) is 6.54 Å². The molecule has 32 heavy (non-hydrogen) atoms. The molecule has 3 nitrogen and oxygen atoms in total. The second kappa shape index (κ2) is 10.5. The number of carbonyl (C=O) groups excluding carboxylic acids is 1. The van der Waals surface area contributed by atoms with E-state index < -0.39 is 0 Å². The third-order valence-electron chi connectivity index (χ3n) is 7.77. The van der Waals surface area contributed by atoms with Crippen LogP contribution in [0.1, 0.15) is 74.5 Å². The van der Waals surface area contributed by atoms with Crippen molar-refractivity contribution in [1.29, 1.82) is 0 Å². The summed E-state index contributed by atoms with van der Waals surface area (Å²) in [4.78, 5) is 15.4. The van der Waals surface area contributed by atoms with Crippen molar-refractivity contribution in [2.75, 3.05) is 5.32 Å². The molecule has 0 unspecified atom stereocenters. The van der Waals surface area contributed by atoms with Crippen LogP contribution in [-0.4, -0.2) is 17.0 Å². The third kappa shape index (κ3) is 5.33. The van der Waals surface area contributed by atoms with Crippen LogP contribution < -0.4 is 5.32 Å². The van der Waals surface area contributed by atoms with Gasteiger partial charge < -0.3 is 10.2 Å². The summed E-state index contributed by atoms with van der Waals surface area (Å²) in [7, 11) is 0. The second-order valence-electron chi connectivity index (χ2n) is 9.88. The van der Waals surface area contributed by atoms with E-state index in [1.165, 1.54) is 51.0 Å². The van der Waals surface area contributed by atoms with Gasteiger partial charge in [0.05, 0.1) is 6.54 Å². The van der Waals surface area contributed by atoms with Gasteiger partial charge in [-0.25, -0.2) is 9.18 Å².